The number of aromatic amines is 1. The molecule has 0 aliphatic heterocycles. The Labute approximate surface area is 130 Å². The van der Waals surface area contributed by atoms with Crippen molar-refractivity contribution in [2.45, 2.75) is 51.9 Å². The topological polar surface area (TPSA) is 55.0 Å². The lowest BCUT2D eigenvalue weighted by Crippen LogP contribution is -2.15. The molecule has 0 radical (unpaired) electrons. The van der Waals surface area contributed by atoms with E-state index in [1.165, 1.54) is 32.1 Å². The predicted octanol–water partition coefficient (Wildman–Crippen LogP) is 3.83. The second-order valence-electron chi connectivity index (χ2n) is 6.17. The van der Waals surface area contributed by atoms with E-state index in [4.69, 9.17) is 4.74 Å². The molecule has 1 aliphatic carbocycles. The molecule has 0 bridgehead atoms. The van der Waals surface area contributed by atoms with Crippen molar-refractivity contribution in [3.05, 3.63) is 34.2 Å². The Morgan fingerprint density at radius 3 is 2.91 bits per heavy atom. The molecule has 1 N–H and O–H groups in total. The Kier molecular flexibility index (Phi) is 4.76. The third kappa shape index (κ3) is 3.87. The molecule has 4 nitrogen and oxygen atoms in total. The summed E-state index contributed by atoms with van der Waals surface area (Å²) in [6.45, 7) is 2.56. The maximum absolute atomic E-state index is 12.1. The fourth-order valence-corrected chi connectivity index (χ4v) is 2.84. The number of benzene rings is 1. The first-order valence-corrected chi connectivity index (χ1v) is 8.42. The summed E-state index contributed by atoms with van der Waals surface area (Å²) in [6.07, 6.45) is 8.51. The highest BCUT2D eigenvalue weighted by molar-refractivity contribution is 5.75. The zero-order chi connectivity index (χ0) is 15.4. The van der Waals surface area contributed by atoms with Gasteiger partial charge in [-0.1, -0.05) is 32.1 Å². The molecule has 0 saturated heterocycles. The van der Waals surface area contributed by atoms with Gasteiger partial charge in [-0.3, -0.25) is 4.79 Å². The maximum atomic E-state index is 12.1. The number of aryl methyl sites for hydroxylation is 1. The van der Waals surface area contributed by atoms with Gasteiger partial charge in [0.15, 0.2) is 0 Å². The summed E-state index contributed by atoms with van der Waals surface area (Å²) in [5.41, 5.74) is 2.16. The van der Waals surface area contributed by atoms with Crippen molar-refractivity contribution in [2.24, 2.45) is 5.92 Å². The van der Waals surface area contributed by atoms with Crippen LogP contribution in [0.15, 0.2) is 23.0 Å². The number of fused-ring (bicyclic) bond motifs is 1. The lowest BCUT2D eigenvalue weighted by atomic mass is 10.1. The van der Waals surface area contributed by atoms with Gasteiger partial charge in [-0.2, -0.15) is 0 Å². The summed E-state index contributed by atoms with van der Waals surface area (Å²) in [4.78, 5) is 19.6. The van der Waals surface area contributed by atoms with Gasteiger partial charge in [-0.05, 0) is 37.8 Å². The molecule has 1 aromatic carbocycles. The third-order valence-corrected chi connectivity index (χ3v) is 4.27. The fourth-order valence-electron chi connectivity index (χ4n) is 2.84. The lowest BCUT2D eigenvalue weighted by molar-refractivity contribution is 0.340. The van der Waals surface area contributed by atoms with E-state index in [9.17, 15) is 4.79 Å². The highest BCUT2D eigenvalue weighted by atomic mass is 16.5. The quantitative estimate of drug-likeness (QED) is 0.754. The molecule has 1 heterocycles. The number of ether oxygens (including phenoxy) is 1. The molecule has 0 amide bonds. The van der Waals surface area contributed by atoms with Crippen LogP contribution < -0.4 is 10.3 Å². The van der Waals surface area contributed by atoms with Crippen molar-refractivity contribution < 1.29 is 4.74 Å². The van der Waals surface area contributed by atoms with Crippen LogP contribution in [0.3, 0.4) is 0 Å². The number of hydrogen-bond donors (Lipinski definition) is 1. The number of nitrogens with zero attached hydrogens (tertiary/aromatic N) is 1. The molecule has 118 valence electrons. The van der Waals surface area contributed by atoms with E-state index in [-0.39, 0.29) is 5.56 Å². The van der Waals surface area contributed by atoms with Crippen molar-refractivity contribution in [3.8, 4) is 5.75 Å². The molecular weight excluding hydrogens is 276 g/mol. The van der Waals surface area contributed by atoms with Gasteiger partial charge >= 0.3 is 0 Å². The minimum absolute atomic E-state index is 0.0664. The van der Waals surface area contributed by atoms with Crippen molar-refractivity contribution in [1.29, 1.82) is 0 Å². The van der Waals surface area contributed by atoms with E-state index in [2.05, 4.69) is 9.97 Å². The van der Waals surface area contributed by atoms with Gasteiger partial charge in [0.1, 0.15) is 11.4 Å². The van der Waals surface area contributed by atoms with E-state index in [1.807, 2.05) is 25.1 Å². The Hall–Kier alpha value is -1.84. The lowest BCUT2D eigenvalue weighted by Gasteiger charge is -2.06. The molecular formula is C18H24N2O2. The number of unbranched alkanes of at least 4 members (excludes halogenated alkanes) is 2. The second-order valence-corrected chi connectivity index (χ2v) is 6.17. The van der Waals surface area contributed by atoms with Crippen molar-refractivity contribution in [1.82, 2.24) is 9.97 Å². The molecule has 0 atom stereocenters. The Morgan fingerprint density at radius 2 is 2.14 bits per heavy atom. The van der Waals surface area contributed by atoms with E-state index in [0.717, 1.165) is 35.5 Å². The standard InChI is InChI=1S/C18H24N2O2/c1-2-22-14-10-11-15-17(12-14)20-18(21)16(19-15)7-5-3-4-6-13-8-9-13/h10-13H,2-9H2,1H3,(H,20,21). The normalized spacial score (nSPS) is 14.4. The van der Waals surface area contributed by atoms with Crippen LogP contribution in [0, 0.1) is 5.92 Å². The van der Waals surface area contributed by atoms with Crippen LogP contribution >= 0.6 is 0 Å². The summed E-state index contributed by atoms with van der Waals surface area (Å²) < 4.78 is 5.45. The van der Waals surface area contributed by atoms with Gasteiger partial charge in [-0.15, -0.1) is 0 Å². The Bertz CT molecular complexity index is 689. The first-order chi connectivity index (χ1) is 10.8. The average molecular weight is 300 g/mol. The SMILES string of the molecule is CCOc1ccc2nc(CCCCCC3CC3)c(=O)[nH]c2c1. The first-order valence-electron chi connectivity index (χ1n) is 8.42. The third-order valence-electron chi connectivity index (χ3n) is 4.27. The van der Waals surface area contributed by atoms with Gasteiger partial charge in [0.2, 0.25) is 0 Å². The number of rotatable bonds is 8. The molecule has 0 unspecified atom stereocenters. The van der Waals surface area contributed by atoms with Crippen LogP contribution in [-0.2, 0) is 6.42 Å². The summed E-state index contributed by atoms with van der Waals surface area (Å²) >= 11 is 0. The zero-order valence-electron chi connectivity index (χ0n) is 13.2. The van der Waals surface area contributed by atoms with E-state index in [1.54, 1.807) is 0 Å². The molecule has 1 aliphatic rings. The van der Waals surface area contributed by atoms with E-state index in [0.29, 0.717) is 12.3 Å². The smallest absolute Gasteiger partial charge is 0.270 e. The molecule has 1 saturated carbocycles. The summed E-state index contributed by atoms with van der Waals surface area (Å²) in [5.74, 6) is 1.77. The van der Waals surface area contributed by atoms with E-state index < -0.39 is 0 Å². The van der Waals surface area contributed by atoms with Gasteiger partial charge in [0.05, 0.1) is 17.6 Å². The highest BCUT2D eigenvalue weighted by Gasteiger charge is 2.19. The van der Waals surface area contributed by atoms with Crippen LogP contribution in [0.1, 0.15) is 51.1 Å². The molecule has 22 heavy (non-hydrogen) atoms. The number of H-pyrrole nitrogens is 1. The molecule has 0 spiro atoms. The fraction of sp³-hybridized carbons (Fsp3) is 0.556. The Balaban J connectivity index is 1.63. The largest absolute Gasteiger partial charge is 0.494 e. The number of hydrogen-bond acceptors (Lipinski definition) is 3. The molecule has 1 fully saturated rings. The summed E-state index contributed by atoms with van der Waals surface area (Å²) in [6, 6.07) is 5.65. The van der Waals surface area contributed by atoms with Gasteiger partial charge < -0.3 is 9.72 Å². The maximum Gasteiger partial charge on any atom is 0.270 e. The van der Waals surface area contributed by atoms with Gasteiger partial charge in [0, 0.05) is 6.07 Å². The van der Waals surface area contributed by atoms with Gasteiger partial charge in [0.25, 0.3) is 5.56 Å². The molecule has 3 rings (SSSR count). The minimum atomic E-state index is -0.0664. The van der Waals surface area contributed by atoms with Crippen LogP contribution in [0.4, 0.5) is 0 Å². The van der Waals surface area contributed by atoms with Crippen LogP contribution in [0.5, 0.6) is 5.75 Å². The summed E-state index contributed by atoms with van der Waals surface area (Å²) in [7, 11) is 0. The highest BCUT2D eigenvalue weighted by Crippen LogP contribution is 2.34. The number of aromatic nitrogens is 2. The number of nitrogens with one attached hydrogen (secondary N) is 1. The van der Waals surface area contributed by atoms with Crippen molar-refractivity contribution in [3.63, 3.8) is 0 Å². The van der Waals surface area contributed by atoms with Crippen LogP contribution in [0.25, 0.3) is 11.0 Å². The molecule has 1 aromatic heterocycles. The minimum Gasteiger partial charge on any atom is -0.494 e. The van der Waals surface area contributed by atoms with Crippen molar-refractivity contribution >= 4 is 11.0 Å². The predicted molar refractivity (Wildman–Crippen MR) is 88.4 cm³/mol. The monoisotopic (exact) mass is 300 g/mol. The van der Waals surface area contributed by atoms with Crippen LogP contribution in [0.2, 0.25) is 0 Å². The van der Waals surface area contributed by atoms with Gasteiger partial charge in [-0.25, -0.2) is 4.98 Å². The summed E-state index contributed by atoms with van der Waals surface area (Å²) in [5, 5.41) is 0. The average Bonchev–Trinajstić information content (AvgIpc) is 3.32. The molecule has 2 aromatic rings. The van der Waals surface area contributed by atoms with Crippen molar-refractivity contribution in [2.75, 3.05) is 6.61 Å². The zero-order valence-corrected chi connectivity index (χ0v) is 13.2. The Morgan fingerprint density at radius 1 is 1.27 bits per heavy atom. The molecule has 4 heteroatoms. The second kappa shape index (κ2) is 6.95. The van der Waals surface area contributed by atoms with E-state index >= 15 is 0 Å². The van der Waals surface area contributed by atoms with Crippen LogP contribution in [-0.4, -0.2) is 16.6 Å². The first kappa shape index (κ1) is 15.1.